The van der Waals surface area contributed by atoms with E-state index in [9.17, 15) is 4.79 Å². The molecule has 0 bridgehead atoms. The fourth-order valence-corrected chi connectivity index (χ4v) is 3.63. The summed E-state index contributed by atoms with van der Waals surface area (Å²) in [6.45, 7) is 0.341. The normalized spacial score (nSPS) is 15.3. The molecule has 0 aliphatic rings. The molecular weight excluding hydrogens is 484 g/mol. The van der Waals surface area contributed by atoms with E-state index in [-0.39, 0.29) is 19.2 Å². The largest absolute Gasteiger partial charge is 0.463 e. The summed E-state index contributed by atoms with van der Waals surface area (Å²) in [5, 5.41) is 69.9. The van der Waals surface area contributed by atoms with Crippen molar-refractivity contribution >= 4 is 5.97 Å². The maximum absolute atomic E-state index is 11.4. The molecule has 10 heteroatoms. The third-order valence-electron chi connectivity index (χ3n) is 6.14. The highest BCUT2D eigenvalue weighted by Gasteiger charge is 2.29. The van der Waals surface area contributed by atoms with Crippen LogP contribution in [0.25, 0.3) is 0 Å². The van der Waals surface area contributed by atoms with Gasteiger partial charge in [0.25, 0.3) is 0 Å². The minimum absolute atomic E-state index is 0.103. The van der Waals surface area contributed by atoms with Gasteiger partial charge in [-0.05, 0) is 6.42 Å². The van der Waals surface area contributed by atoms with Gasteiger partial charge in [0.2, 0.25) is 0 Å². The van der Waals surface area contributed by atoms with Crippen molar-refractivity contribution in [2.75, 3.05) is 26.4 Å². The van der Waals surface area contributed by atoms with Crippen LogP contribution in [0.5, 0.6) is 0 Å². The van der Waals surface area contributed by atoms with Crippen LogP contribution in [-0.4, -0.2) is 104 Å². The number of unbranched alkanes of at least 4 members (excludes halogenated alkanes) is 14. The summed E-state index contributed by atoms with van der Waals surface area (Å²) < 4.78 is 4.86. The van der Waals surface area contributed by atoms with Crippen LogP contribution in [0.3, 0.4) is 0 Å². The van der Waals surface area contributed by atoms with Gasteiger partial charge in [0, 0.05) is 6.42 Å². The van der Waals surface area contributed by atoms with Crippen molar-refractivity contribution in [2.45, 2.75) is 140 Å². The number of carbonyl (C=O) groups is 1. The van der Waals surface area contributed by atoms with Crippen molar-refractivity contribution in [3.05, 3.63) is 0 Å². The minimum atomic E-state index is -1.67. The molecule has 5 atom stereocenters. The number of esters is 1. The Labute approximate surface area is 223 Å². The van der Waals surface area contributed by atoms with Gasteiger partial charge < -0.3 is 45.6 Å². The quantitative estimate of drug-likeness (QED) is 0.0659. The molecular formula is C27H56O10. The molecule has 0 aliphatic heterocycles. The smallest absolute Gasteiger partial charge is 0.305 e. The Hall–Kier alpha value is -0.850. The standard InChI is InChI=1S/C21H42O4.C6H14O6/c1-2-3-4-5-6-7-8-9-10-11-12-13-14-15-16-17-21(24)25-19-20(23)18-22;7-1-3(9)5(11)6(12)4(10)2-8/h20,22-23H,2-19H2,1H3;3-12H,1-2H2. The van der Waals surface area contributed by atoms with E-state index >= 15 is 0 Å². The zero-order valence-corrected chi connectivity index (χ0v) is 22.9. The van der Waals surface area contributed by atoms with Crippen molar-refractivity contribution in [2.24, 2.45) is 0 Å². The van der Waals surface area contributed by atoms with Crippen LogP contribution < -0.4 is 0 Å². The van der Waals surface area contributed by atoms with E-state index in [1.165, 1.54) is 83.5 Å². The van der Waals surface area contributed by atoms with Crippen molar-refractivity contribution in [1.82, 2.24) is 0 Å². The lowest BCUT2D eigenvalue weighted by atomic mass is 10.0. The van der Waals surface area contributed by atoms with Crippen LogP contribution in [0, 0.1) is 0 Å². The van der Waals surface area contributed by atoms with E-state index in [1.807, 2.05) is 0 Å². The van der Waals surface area contributed by atoms with E-state index in [1.54, 1.807) is 0 Å². The summed E-state index contributed by atoms with van der Waals surface area (Å²) in [6, 6.07) is 0. The molecule has 37 heavy (non-hydrogen) atoms. The van der Waals surface area contributed by atoms with Gasteiger partial charge in [-0.1, -0.05) is 96.8 Å². The average Bonchev–Trinajstić information content (AvgIpc) is 2.92. The van der Waals surface area contributed by atoms with Crippen molar-refractivity contribution < 1.29 is 50.4 Å². The minimum Gasteiger partial charge on any atom is -0.463 e. The molecule has 0 aromatic rings. The number of hydrogen-bond donors (Lipinski definition) is 8. The number of rotatable bonds is 24. The van der Waals surface area contributed by atoms with Gasteiger partial charge in [-0.3, -0.25) is 4.79 Å². The summed E-state index contributed by atoms with van der Waals surface area (Å²) in [5.41, 5.74) is 0. The second-order valence-electron chi connectivity index (χ2n) is 9.70. The summed E-state index contributed by atoms with van der Waals surface area (Å²) in [6.07, 6.45) is 12.6. The highest BCUT2D eigenvalue weighted by molar-refractivity contribution is 5.69. The fraction of sp³-hybridized carbons (Fsp3) is 0.963. The molecule has 0 aliphatic carbocycles. The van der Waals surface area contributed by atoms with Crippen molar-refractivity contribution in [3.8, 4) is 0 Å². The first-order valence-corrected chi connectivity index (χ1v) is 14.1. The van der Waals surface area contributed by atoms with E-state index in [0.717, 1.165) is 12.8 Å². The number of carbonyl (C=O) groups excluding carboxylic acids is 1. The first-order valence-electron chi connectivity index (χ1n) is 14.1. The summed E-state index contributed by atoms with van der Waals surface area (Å²) in [5.74, 6) is -0.276. The van der Waals surface area contributed by atoms with Gasteiger partial charge in [-0.15, -0.1) is 0 Å². The predicted molar refractivity (Wildman–Crippen MR) is 142 cm³/mol. The number of aliphatic hydroxyl groups is 8. The molecule has 0 spiro atoms. The Morgan fingerprint density at radius 2 is 0.919 bits per heavy atom. The molecule has 0 saturated carbocycles. The van der Waals surface area contributed by atoms with Crippen LogP contribution in [-0.2, 0) is 9.53 Å². The number of hydrogen-bond acceptors (Lipinski definition) is 10. The summed E-state index contributed by atoms with van der Waals surface area (Å²) in [4.78, 5) is 11.4. The maximum atomic E-state index is 11.4. The van der Waals surface area contributed by atoms with Crippen LogP contribution in [0.1, 0.15) is 110 Å². The zero-order chi connectivity index (χ0) is 28.3. The molecule has 0 radical (unpaired) electrons. The van der Waals surface area contributed by atoms with E-state index in [4.69, 9.17) is 45.6 Å². The molecule has 10 nitrogen and oxygen atoms in total. The number of ether oxygens (including phenoxy) is 1. The Morgan fingerprint density at radius 1 is 0.568 bits per heavy atom. The molecule has 0 aromatic heterocycles. The Balaban J connectivity index is 0. The van der Waals surface area contributed by atoms with Gasteiger partial charge in [-0.2, -0.15) is 0 Å². The van der Waals surface area contributed by atoms with E-state index in [2.05, 4.69) is 6.92 Å². The van der Waals surface area contributed by atoms with Gasteiger partial charge in [0.15, 0.2) is 0 Å². The Kier molecular flexibility index (Phi) is 29.2. The molecule has 8 N–H and O–H groups in total. The SMILES string of the molecule is CCCCCCCCCCCCCCCCCC(=O)OCC(O)CO.OCC(O)C(O)C(O)C(O)CO. The van der Waals surface area contributed by atoms with Crippen molar-refractivity contribution in [3.63, 3.8) is 0 Å². The highest BCUT2D eigenvalue weighted by atomic mass is 16.5. The lowest BCUT2D eigenvalue weighted by Gasteiger charge is -2.24. The predicted octanol–water partition coefficient (Wildman–Crippen LogP) is 1.56. The van der Waals surface area contributed by atoms with Crippen LogP contribution >= 0.6 is 0 Å². The van der Waals surface area contributed by atoms with Crippen LogP contribution in [0.15, 0.2) is 0 Å². The average molecular weight is 541 g/mol. The van der Waals surface area contributed by atoms with Gasteiger partial charge in [0.1, 0.15) is 37.1 Å². The van der Waals surface area contributed by atoms with Gasteiger partial charge >= 0.3 is 5.97 Å². The first kappa shape index (κ1) is 38.3. The molecule has 0 saturated heterocycles. The third-order valence-corrected chi connectivity index (χ3v) is 6.14. The second kappa shape index (κ2) is 28.2. The van der Waals surface area contributed by atoms with E-state index in [0.29, 0.717) is 6.42 Å². The highest BCUT2D eigenvalue weighted by Crippen LogP contribution is 2.14. The second-order valence-corrected chi connectivity index (χ2v) is 9.70. The lowest BCUT2D eigenvalue weighted by molar-refractivity contribution is -0.147. The van der Waals surface area contributed by atoms with Crippen LogP contribution in [0.4, 0.5) is 0 Å². The molecule has 0 fully saturated rings. The first-order chi connectivity index (χ1) is 17.7. The molecule has 0 amide bonds. The maximum Gasteiger partial charge on any atom is 0.305 e. The lowest BCUT2D eigenvalue weighted by Crippen LogP contribution is -2.46. The Morgan fingerprint density at radius 3 is 1.24 bits per heavy atom. The molecule has 0 aromatic carbocycles. The monoisotopic (exact) mass is 540 g/mol. The van der Waals surface area contributed by atoms with Gasteiger partial charge in [0.05, 0.1) is 19.8 Å². The molecule has 0 heterocycles. The van der Waals surface area contributed by atoms with Gasteiger partial charge in [-0.25, -0.2) is 0 Å². The van der Waals surface area contributed by atoms with E-state index < -0.39 is 43.7 Å². The van der Waals surface area contributed by atoms with Crippen molar-refractivity contribution in [1.29, 1.82) is 0 Å². The number of aliphatic hydroxyl groups excluding tert-OH is 8. The molecule has 224 valence electrons. The van der Waals surface area contributed by atoms with Crippen LogP contribution in [0.2, 0.25) is 0 Å². The molecule has 5 unspecified atom stereocenters. The zero-order valence-electron chi connectivity index (χ0n) is 22.9. The fourth-order valence-electron chi connectivity index (χ4n) is 3.63. The molecule has 0 rings (SSSR count). The Bertz CT molecular complexity index is 466. The topological polar surface area (TPSA) is 188 Å². The summed E-state index contributed by atoms with van der Waals surface area (Å²) in [7, 11) is 0. The summed E-state index contributed by atoms with van der Waals surface area (Å²) >= 11 is 0. The third kappa shape index (κ3) is 25.2.